The lowest BCUT2D eigenvalue weighted by atomic mass is 9.70. The molecule has 4 aromatic rings. The SMILES string of the molecule is c1ccc2c3c([nH]c2c1)[C@H]1Cc2c([nH]c4ccccc24)[C@@H](C3)C1. The molecule has 23 heavy (non-hydrogen) atoms. The number of hydrogen-bond acceptors (Lipinski definition) is 0. The topological polar surface area (TPSA) is 31.6 Å². The third kappa shape index (κ3) is 1.49. The van der Waals surface area contributed by atoms with Crippen LogP contribution in [0.25, 0.3) is 21.8 Å². The molecule has 2 bridgehead atoms. The van der Waals surface area contributed by atoms with Gasteiger partial charge in [0, 0.05) is 45.0 Å². The van der Waals surface area contributed by atoms with Crippen LogP contribution in [0.1, 0.15) is 40.8 Å². The Hall–Kier alpha value is -2.48. The summed E-state index contributed by atoms with van der Waals surface area (Å²) in [5.41, 5.74) is 8.73. The summed E-state index contributed by atoms with van der Waals surface area (Å²) in [7, 11) is 0. The van der Waals surface area contributed by atoms with E-state index in [1.807, 2.05) is 0 Å². The Morgan fingerprint density at radius 2 is 1.13 bits per heavy atom. The van der Waals surface area contributed by atoms with Crippen molar-refractivity contribution in [2.75, 3.05) is 0 Å². The summed E-state index contributed by atoms with van der Waals surface area (Å²) in [6, 6.07) is 17.6. The summed E-state index contributed by atoms with van der Waals surface area (Å²) in [5.74, 6) is 1.28. The first kappa shape index (κ1) is 12.0. The van der Waals surface area contributed by atoms with E-state index in [1.165, 1.54) is 39.6 Å². The van der Waals surface area contributed by atoms with Crippen molar-refractivity contribution in [3.05, 3.63) is 71.0 Å². The van der Waals surface area contributed by atoms with E-state index in [9.17, 15) is 0 Å². The molecule has 2 atom stereocenters. The Morgan fingerprint density at radius 3 is 1.65 bits per heavy atom. The molecule has 2 heteroatoms. The lowest BCUT2D eigenvalue weighted by Crippen LogP contribution is -2.24. The van der Waals surface area contributed by atoms with Gasteiger partial charge in [-0.3, -0.25) is 0 Å². The summed E-state index contributed by atoms with van der Waals surface area (Å²) >= 11 is 0. The average molecular weight is 298 g/mol. The van der Waals surface area contributed by atoms with Crippen LogP contribution in [-0.4, -0.2) is 9.97 Å². The van der Waals surface area contributed by atoms with Gasteiger partial charge < -0.3 is 9.97 Å². The highest BCUT2D eigenvalue weighted by molar-refractivity contribution is 5.87. The van der Waals surface area contributed by atoms with Gasteiger partial charge in [0.1, 0.15) is 0 Å². The monoisotopic (exact) mass is 298 g/mol. The van der Waals surface area contributed by atoms with Crippen molar-refractivity contribution in [1.82, 2.24) is 9.97 Å². The van der Waals surface area contributed by atoms with Gasteiger partial charge in [0.25, 0.3) is 0 Å². The molecule has 2 aromatic heterocycles. The normalized spacial score (nSPS) is 22.3. The van der Waals surface area contributed by atoms with Crippen molar-refractivity contribution in [3.8, 4) is 0 Å². The van der Waals surface area contributed by atoms with Gasteiger partial charge in [0.2, 0.25) is 0 Å². The molecule has 0 aliphatic heterocycles. The van der Waals surface area contributed by atoms with Crippen molar-refractivity contribution in [1.29, 1.82) is 0 Å². The lowest BCUT2D eigenvalue weighted by Gasteiger charge is -2.34. The standard InChI is InChI=1S/C21H18N2/c1-3-7-18-14(5-1)16-10-12-9-13(20(16)22-18)11-17-15-6-2-4-8-19(15)23-21(12)17/h1-8,12-13,22-23H,9-11H2/t12-,13-/m1/s1. The molecular weight excluding hydrogens is 280 g/mol. The Labute approximate surface area is 134 Å². The van der Waals surface area contributed by atoms with Crippen LogP contribution in [0.3, 0.4) is 0 Å². The molecule has 112 valence electrons. The van der Waals surface area contributed by atoms with E-state index in [2.05, 4.69) is 58.5 Å². The second kappa shape index (κ2) is 4.08. The summed E-state index contributed by atoms with van der Waals surface area (Å²) in [5, 5.41) is 2.86. The van der Waals surface area contributed by atoms with Crippen molar-refractivity contribution < 1.29 is 0 Å². The van der Waals surface area contributed by atoms with Crippen molar-refractivity contribution in [2.45, 2.75) is 31.1 Å². The molecule has 2 aromatic carbocycles. The largest absolute Gasteiger partial charge is 0.358 e. The zero-order valence-corrected chi connectivity index (χ0v) is 12.9. The van der Waals surface area contributed by atoms with Gasteiger partial charge in [-0.25, -0.2) is 0 Å². The Balaban J connectivity index is 1.59. The number of para-hydroxylation sites is 2. The Kier molecular flexibility index (Phi) is 2.13. The van der Waals surface area contributed by atoms with E-state index in [0.29, 0.717) is 11.8 Å². The summed E-state index contributed by atoms with van der Waals surface area (Å²) in [4.78, 5) is 7.46. The van der Waals surface area contributed by atoms with Gasteiger partial charge in [-0.05, 0) is 42.5 Å². The first-order chi connectivity index (χ1) is 11.4. The van der Waals surface area contributed by atoms with Crippen LogP contribution in [0.2, 0.25) is 0 Å². The van der Waals surface area contributed by atoms with Gasteiger partial charge in [-0.15, -0.1) is 0 Å². The van der Waals surface area contributed by atoms with Gasteiger partial charge in [-0.2, -0.15) is 0 Å². The fourth-order valence-corrected chi connectivity index (χ4v) is 5.02. The summed E-state index contributed by atoms with van der Waals surface area (Å²) in [6.45, 7) is 0. The van der Waals surface area contributed by atoms with E-state index >= 15 is 0 Å². The molecule has 2 aliphatic rings. The van der Waals surface area contributed by atoms with Crippen LogP contribution in [0.4, 0.5) is 0 Å². The number of hydrogen-bond donors (Lipinski definition) is 2. The van der Waals surface area contributed by atoms with Crippen LogP contribution in [0.15, 0.2) is 48.5 Å². The van der Waals surface area contributed by atoms with Gasteiger partial charge in [0.15, 0.2) is 0 Å². The molecule has 0 spiro atoms. The lowest BCUT2D eigenvalue weighted by molar-refractivity contribution is 0.448. The second-order valence-electron chi connectivity index (χ2n) is 7.16. The van der Waals surface area contributed by atoms with E-state index in [-0.39, 0.29) is 0 Å². The predicted octanol–water partition coefficient (Wildman–Crippen LogP) is 5.02. The minimum absolute atomic E-state index is 0.642. The Bertz CT molecular complexity index is 980. The molecule has 0 unspecified atom stereocenters. The van der Waals surface area contributed by atoms with Crippen LogP contribution in [-0.2, 0) is 12.8 Å². The van der Waals surface area contributed by atoms with E-state index in [0.717, 1.165) is 12.8 Å². The van der Waals surface area contributed by atoms with Crippen molar-refractivity contribution in [2.24, 2.45) is 0 Å². The van der Waals surface area contributed by atoms with Gasteiger partial charge >= 0.3 is 0 Å². The van der Waals surface area contributed by atoms with Crippen molar-refractivity contribution >= 4 is 21.8 Å². The third-order valence-corrected chi connectivity index (χ3v) is 5.98. The molecule has 2 heterocycles. The molecule has 0 radical (unpaired) electrons. The van der Waals surface area contributed by atoms with E-state index < -0.39 is 0 Å². The highest BCUT2D eigenvalue weighted by Crippen LogP contribution is 2.49. The highest BCUT2D eigenvalue weighted by atomic mass is 14.8. The molecule has 2 N–H and O–H groups in total. The molecule has 2 nitrogen and oxygen atoms in total. The molecule has 2 aliphatic carbocycles. The smallest absolute Gasteiger partial charge is 0.0459 e. The number of rotatable bonds is 0. The van der Waals surface area contributed by atoms with E-state index in [4.69, 9.17) is 0 Å². The van der Waals surface area contributed by atoms with Crippen LogP contribution in [0, 0.1) is 0 Å². The van der Waals surface area contributed by atoms with Gasteiger partial charge in [-0.1, -0.05) is 36.4 Å². The number of aromatic nitrogens is 2. The summed E-state index contributed by atoms with van der Waals surface area (Å²) in [6.07, 6.45) is 3.60. The van der Waals surface area contributed by atoms with Crippen molar-refractivity contribution in [3.63, 3.8) is 0 Å². The van der Waals surface area contributed by atoms with Gasteiger partial charge in [0.05, 0.1) is 0 Å². The number of benzene rings is 2. The maximum Gasteiger partial charge on any atom is 0.0459 e. The maximum atomic E-state index is 3.73. The highest BCUT2D eigenvalue weighted by Gasteiger charge is 2.37. The van der Waals surface area contributed by atoms with E-state index in [1.54, 1.807) is 11.1 Å². The quantitative estimate of drug-likeness (QED) is 0.457. The number of H-pyrrole nitrogens is 2. The van der Waals surface area contributed by atoms with Crippen LogP contribution >= 0.6 is 0 Å². The number of fused-ring (bicyclic) bond motifs is 10. The van der Waals surface area contributed by atoms with Crippen LogP contribution < -0.4 is 0 Å². The number of aromatic amines is 2. The average Bonchev–Trinajstić information content (AvgIpc) is 3.14. The molecule has 0 saturated carbocycles. The minimum atomic E-state index is 0.642. The second-order valence-corrected chi connectivity index (χ2v) is 7.16. The molecule has 0 fully saturated rings. The Morgan fingerprint density at radius 1 is 0.652 bits per heavy atom. The summed E-state index contributed by atoms with van der Waals surface area (Å²) < 4.78 is 0. The maximum absolute atomic E-state index is 3.73. The first-order valence-electron chi connectivity index (χ1n) is 8.57. The minimum Gasteiger partial charge on any atom is -0.358 e. The third-order valence-electron chi connectivity index (χ3n) is 5.98. The predicted molar refractivity (Wildman–Crippen MR) is 94.1 cm³/mol. The zero-order valence-electron chi connectivity index (χ0n) is 12.9. The first-order valence-corrected chi connectivity index (χ1v) is 8.57. The molecular formula is C21H18N2. The number of nitrogens with one attached hydrogen (secondary N) is 2. The molecule has 0 saturated heterocycles. The molecule has 0 amide bonds. The molecule has 6 rings (SSSR count). The zero-order chi connectivity index (χ0) is 15.0. The van der Waals surface area contributed by atoms with Crippen LogP contribution in [0.5, 0.6) is 0 Å². The fourth-order valence-electron chi connectivity index (χ4n) is 5.02. The fraction of sp³-hybridized carbons (Fsp3) is 0.238.